The van der Waals surface area contributed by atoms with Gasteiger partial charge >= 0.3 is 6.09 Å². The summed E-state index contributed by atoms with van der Waals surface area (Å²) in [5.74, 6) is -0.585. The largest absolute Gasteiger partial charge is 0.465 e. The van der Waals surface area contributed by atoms with Gasteiger partial charge in [0.25, 0.3) is 5.91 Å². The molecule has 0 saturated carbocycles. The minimum atomic E-state index is -0.972. The Morgan fingerprint density at radius 1 is 1.26 bits per heavy atom. The Balaban J connectivity index is 2.08. The van der Waals surface area contributed by atoms with E-state index in [2.05, 4.69) is 0 Å². The van der Waals surface area contributed by atoms with Crippen molar-refractivity contribution in [2.24, 2.45) is 0 Å². The molecule has 1 heterocycles. The number of carboxylic acid groups (broad SMARTS) is 1. The summed E-state index contributed by atoms with van der Waals surface area (Å²) in [6.45, 7) is 2.75. The predicted molar refractivity (Wildman–Crippen MR) is 66.5 cm³/mol. The van der Waals surface area contributed by atoms with Crippen LogP contribution in [0.15, 0.2) is 24.3 Å². The van der Waals surface area contributed by atoms with E-state index in [0.717, 1.165) is 0 Å². The first-order chi connectivity index (χ1) is 8.99. The molecule has 1 aromatic rings. The van der Waals surface area contributed by atoms with Crippen LogP contribution in [-0.4, -0.2) is 52.6 Å². The number of hydrogen-bond acceptors (Lipinski definition) is 2. The van der Waals surface area contributed by atoms with Gasteiger partial charge in [-0.1, -0.05) is 0 Å². The molecule has 0 spiro atoms. The number of carbonyl (C=O) groups excluding carboxylic acids is 1. The number of rotatable bonds is 1. The summed E-state index contributed by atoms with van der Waals surface area (Å²) < 4.78 is 12.8. The van der Waals surface area contributed by atoms with Gasteiger partial charge in [-0.15, -0.1) is 0 Å². The molecule has 1 aliphatic rings. The van der Waals surface area contributed by atoms with Gasteiger partial charge in [0.05, 0.1) is 0 Å². The molecule has 102 valence electrons. The molecular weight excluding hydrogens is 251 g/mol. The van der Waals surface area contributed by atoms with Crippen molar-refractivity contribution < 1.29 is 19.1 Å². The van der Waals surface area contributed by atoms with E-state index in [1.807, 2.05) is 0 Å². The number of piperazine rings is 1. The SMILES string of the molecule is C[C@@H]1CN(C(=O)O)CCN1C(=O)c1ccc(F)cc1. The van der Waals surface area contributed by atoms with Crippen LogP contribution in [0.5, 0.6) is 0 Å². The lowest BCUT2D eigenvalue weighted by Crippen LogP contribution is -2.55. The molecule has 1 aliphatic heterocycles. The molecule has 1 aromatic carbocycles. The first kappa shape index (κ1) is 13.3. The minimum absolute atomic E-state index is 0.192. The van der Waals surface area contributed by atoms with Crippen molar-refractivity contribution in [1.82, 2.24) is 9.80 Å². The lowest BCUT2D eigenvalue weighted by atomic mass is 10.1. The van der Waals surface area contributed by atoms with E-state index in [4.69, 9.17) is 5.11 Å². The zero-order valence-electron chi connectivity index (χ0n) is 10.5. The molecule has 0 aliphatic carbocycles. The summed E-state index contributed by atoms with van der Waals surface area (Å²) >= 11 is 0. The van der Waals surface area contributed by atoms with E-state index in [1.54, 1.807) is 11.8 Å². The minimum Gasteiger partial charge on any atom is -0.465 e. The fourth-order valence-corrected chi connectivity index (χ4v) is 2.19. The molecule has 1 N–H and O–H groups in total. The first-order valence-electron chi connectivity index (χ1n) is 6.03. The molecule has 1 fully saturated rings. The number of benzene rings is 1. The molecule has 6 heteroatoms. The van der Waals surface area contributed by atoms with Crippen molar-refractivity contribution in [3.8, 4) is 0 Å². The van der Waals surface area contributed by atoms with Crippen LogP contribution >= 0.6 is 0 Å². The van der Waals surface area contributed by atoms with E-state index in [0.29, 0.717) is 25.2 Å². The quantitative estimate of drug-likeness (QED) is 0.840. The first-order valence-corrected chi connectivity index (χ1v) is 6.03. The second-order valence-corrected chi connectivity index (χ2v) is 4.58. The number of halogens is 1. The number of hydrogen-bond donors (Lipinski definition) is 1. The highest BCUT2D eigenvalue weighted by Crippen LogP contribution is 2.14. The third-order valence-electron chi connectivity index (χ3n) is 3.25. The van der Waals surface area contributed by atoms with Gasteiger partial charge in [0.15, 0.2) is 0 Å². The summed E-state index contributed by atoms with van der Waals surface area (Å²) in [4.78, 5) is 26.0. The summed E-state index contributed by atoms with van der Waals surface area (Å²) in [6.07, 6.45) is -0.972. The summed E-state index contributed by atoms with van der Waals surface area (Å²) in [5, 5.41) is 8.91. The fraction of sp³-hybridized carbons (Fsp3) is 0.385. The van der Waals surface area contributed by atoms with Crippen LogP contribution in [0.2, 0.25) is 0 Å². The summed E-state index contributed by atoms with van der Waals surface area (Å²) in [5.41, 5.74) is 0.414. The molecule has 0 radical (unpaired) electrons. The zero-order chi connectivity index (χ0) is 14.0. The van der Waals surface area contributed by atoms with Crippen LogP contribution in [0, 0.1) is 5.82 Å². The van der Waals surface area contributed by atoms with Crippen LogP contribution in [0.4, 0.5) is 9.18 Å². The monoisotopic (exact) mass is 266 g/mol. The van der Waals surface area contributed by atoms with Gasteiger partial charge in [-0.05, 0) is 31.2 Å². The summed E-state index contributed by atoms with van der Waals surface area (Å²) in [7, 11) is 0. The standard InChI is InChI=1S/C13H15FN2O3/c1-9-8-15(13(18)19)6-7-16(9)12(17)10-2-4-11(14)5-3-10/h2-5,9H,6-8H2,1H3,(H,18,19)/t9-/m1/s1. The van der Waals surface area contributed by atoms with Crippen molar-refractivity contribution >= 4 is 12.0 Å². The maximum atomic E-state index is 12.8. The van der Waals surface area contributed by atoms with Crippen LogP contribution in [0.25, 0.3) is 0 Å². The molecule has 0 unspecified atom stereocenters. The van der Waals surface area contributed by atoms with E-state index >= 15 is 0 Å². The van der Waals surface area contributed by atoms with Crippen molar-refractivity contribution in [2.45, 2.75) is 13.0 Å². The Hall–Kier alpha value is -2.11. The molecule has 0 bridgehead atoms. The molecule has 1 saturated heterocycles. The van der Waals surface area contributed by atoms with Crippen LogP contribution in [-0.2, 0) is 0 Å². The maximum absolute atomic E-state index is 12.8. The number of carbonyl (C=O) groups is 2. The Morgan fingerprint density at radius 2 is 1.89 bits per heavy atom. The molecule has 1 atom stereocenters. The van der Waals surface area contributed by atoms with E-state index in [-0.39, 0.29) is 17.8 Å². The van der Waals surface area contributed by atoms with Crippen molar-refractivity contribution in [1.29, 1.82) is 0 Å². The maximum Gasteiger partial charge on any atom is 0.407 e. The van der Waals surface area contributed by atoms with Crippen LogP contribution in [0.1, 0.15) is 17.3 Å². The van der Waals surface area contributed by atoms with Gasteiger partial charge in [0.2, 0.25) is 0 Å². The molecule has 0 aromatic heterocycles. The van der Waals surface area contributed by atoms with Gasteiger partial charge in [-0.2, -0.15) is 0 Å². The topological polar surface area (TPSA) is 60.9 Å². The highest BCUT2D eigenvalue weighted by Gasteiger charge is 2.29. The Morgan fingerprint density at radius 3 is 2.42 bits per heavy atom. The molecule has 19 heavy (non-hydrogen) atoms. The molecule has 2 rings (SSSR count). The third-order valence-corrected chi connectivity index (χ3v) is 3.25. The lowest BCUT2D eigenvalue weighted by molar-refractivity contribution is 0.0484. The van der Waals surface area contributed by atoms with Crippen LogP contribution in [0.3, 0.4) is 0 Å². The zero-order valence-corrected chi connectivity index (χ0v) is 10.5. The van der Waals surface area contributed by atoms with Gasteiger partial charge in [-0.3, -0.25) is 4.79 Å². The Labute approximate surface area is 110 Å². The number of nitrogens with zero attached hydrogens (tertiary/aromatic N) is 2. The summed E-state index contributed by atoms with van der Waals surface area (Å²) in [6, 6.07) is 5.17. The van der Waals surface area contributed by atoms with Crippen molar-refractivity contribution in [3.05, 3.63) is 35.6 Å². The van der Waals surface area contributed by atoms with Gasteiger partial charge < -0.3 is 14.9 Å². The van der Waals surface area contributed by atoms with Gasteiger partial charge in [0, 0.05) is 31.2 Å². The fourth-order valence-electron chi connectivity index (χ4n) is 2.19. The van der Waals surface area contributed by atoms with Crippen molar-refractivity contribution in [3.63, 3.8) is 0 Å². The van der Waals surface area contributed by atoms with Gasteiger partial charge in [0.1, 0.15) is 5.82 Å². The lowest BCUT2D eigenvalue weighted by Gasteiger charge is -2.38. The average molecular weight is 266 g/mol. The smallest absolute Gasteiger partial charge is 0.407 e. The van der Waals surface area contributed by atoms with E-state index in [1.165, 1.54) is 29.2 Å². The highest BCUT2D eigenvalue weighted by atomic mass is 19.1. The molecular formula is C13H15FN2O3. The normalized spacial score (nSPS) is 19.4. The predicted octanol–water partition coefficient (Wildman–Crippen LogP) is 1.65. The molecule has 2 amide bonds. The Bertz CT molecular complexity index is 489. The molecule has 5 nitrogen and oxygen atoms in total. The number of amides is 2. The second kappa shape index (κ2) is 5.26. The third kappa shape index (κ3) is 2.83. The van der Waals surface area contributed by atoms with E-state index in [9.17, 15) is 14.0 Å². The van der Waals surface area contributed by atoms with Gasteiger partial charge in [-0.25, -0.2) is 9.18 Å². The average Bonchev–Trinajstić information content (AvgIpc) is 2.38. The highest BCUT2D eigenvalue weighted by molar-refractivity contribution is 5.94. The Kier molecular flexibility index (Phi) is 3.69. The van der Waals surface area contributed by atoms with Crippen LogP contribution < -0.4 is 0 Å². The van der Waals surface area contributed by atoms with Crippen molar-refractivity contribution in [2.75, 3.05) is 19.6 Å². The second-order valence-electron chi connectivity index (χ2n) is 4.58. The van der Waals surface area contributed by atoms with E-state index < -0.39 is 6.09 Å².